The zero-order valence-electron chi connectivity index (χ0n) is 12.9. The molecule has 0 bridgehead atoms. The van der Waals surface area contributed by atoms with Gasteiger partial charge in [0.2, 0.25) is 0 Å². The summed E-state index contributed by atoms with van der Waals surface area (Å²) in [7, 11) is 2.00. The number of rotatable bonds is 7. The van der Waals surface area contributed by atoms with Crippen LogP contribution in [0.25, 0.3) is 0 Å². The molecule has 1 aromatic heterocycles. The van der Waals surface area contributed by atoms with E-state index >= 15 is 0 Å². The molecule has 0 amide bonds. The summed E-state index contributed by atoms with van der Waals surface area (Å²) in [6.45, 7) is 7.44. The first kappa shape index (κ1) is 15.5. The summed E-state index contributed by atoms with van der Waals surface area (Å²) in [6, 6.07) is 0.164. The molecule has 1 fully saturated rings. The summed E-state index contributed by atoms with van der Waals surface area (Å²) in [5.74, 6) is 0. The first-order chi connectivity index (χ1) is 9.75. The maximum atomic E-state index is 6.17. The van der Waals surface area contributed by atoms with E-state index in [-0.39, 0.29) is 11.6 Å². The Labute approximate surface area is 121 Å². The smallest absolute Gasteiger partial charge is 0.0920 e. The predicted octanol–water partition coefficient (Wildman–Crippen LogP) is 2.14. The highest BCUT2D eigenvalue weighted by molar-refractivity contribution is 5.17. The quantitative estimate of drug-likeness (QED) is 0.832. The van der Waals surface area contributed by atoms with Crippen LogP contribution in [-0.4, -0.2) is 42.2 Å². The van der Waals surface area contributed by atoms with E-state index in [9.17, 15) is 0 Å². The lowest BCUT2D eigenvalue weighted by Crippen LogP contribution is -2.49. The maximum absolute atomic E-state index is 6.17. The second-order valence-electron chi connectivity index (χ2n) is 5.37. The lowest BCUT2D eigenvalue weighted by atomic mass is 9.83. The Kier molecular flexibility index (Phi) is 5.57. The minimum atomic E-state index is -0.179. The first-order valence-corrected chi connectivity index (χ1v) is 7.67. The molecule has 0 spiro atoms. The molecule has 1 aromatic rings. The van der Waals surface area contributed by atoms with E-state index < -0.39 is 0 Å². The van der Waals surface area contributed by atoms with Gasteiger partial charge in [-0.1, -0.05) is 6.92 Å². The third-order valence-electron chi connectivity index (χ3n) is 4.02. The number of aromatic nitrogens is 2. The summed E-state index contributed by atoms with van der Waals surface area (Å²) in [5.41, 5.74) is 1.03. The van der Waals surface area contributed by atoms with Crippen molar-refractivity contribution >= 4 is 0 Å². The monoisotopic (exact) mass is 281 g/mol. The van der Waals surface area contributed by atoms with Crippen LogP contribution in [0.3, 0.4) is 0 Å². The van der Waals surface area contributed by atoms with Gasteiger partial charge in [-0.05, 0) is 20.4 Å². The van der Waals surface area contributed by atoms with Gasteiger partial charge in [-0.15, -0.1) is 0 Å². The zero-order chi connectivity index (χ0) is 14.4. The van der Waals surface area contributed by atoms with Crippen molar-refractivity contribution in [3.05, 3.63) is 18.0 Å². The van der Waals surface area contributed by atoms with Crippen LogP contribution >= 0.6 is 0 Å². The molecule has 1 aliphatic rings. The normalized spacial score (nSPS) is 19.9. The molecule has 2 heterocycles. The van der Waals surface area contributed by atoms with E-state index in [0.29, 0.717) is 0 Å². The summed E-state index contributed by atoms with van der Waals surface area (Å²) in [5, 5.41) is 7.89. The number of nitrogens with one attached hydrogen (secondary N) is 1. The van der Waals surface area contributed by atoms with Crippen molar-refractivity contribution in [2.75, 3.05) is 26.9 Å². The van der Waals surface area contributed by atoms with E-state index in [1.807, 2.05) is 17.9 Å². The summed E-state index contributed by atoms with van der Waals surface area (Å²) in [4.78, 5) is 0. The molecule has 1 N–H and O–H groups in total. The Morgan fingerprint density at radius 3 is 2.80 bits per heavy atom. The average molecular weight is 281 g/mol. The molecule has 114 valence electrons. The van der Waals surface area contributed by atoms with Crippen LogP contribution in [0.1, 0.15) is 44.7 Å². The van der Waals surface area contributed by atoms with Gasteiger partial charge in [0.1, 0.15) is 0 Å². The van der Waals surface area contributed by atoms with Crippen LogP contribution < -0.4 is 5.32 Å². The highest BCUT2D eigenvalue weighted by atomic mass is 16.5. The third-order valence-corrected chi connectivity index (χ3v) is 4.02. The molecule has 1 unspecified atom stereocenters. The molecule has 0 aliphatic carbocycles. The molecule has 1 aliphatic heterocycles. The molecule has 0 saturated carbocycles. The number of hydrogen-bond acceptors (Lipinski definition) is 4. The van der Waals surface area contributed by atoms with E-state index in [1.165, 1.54) is 5.56 Å². The topological polar surface area (TPSA) is 48.3 Å². The van der Waals surface area contributed by atoms with Crippen molar-refractivity contribution in [3.8, 4) is 0 Å². The zero-order valence-corrected chi connectivity index (χ0v) is 12.9. The van der Waals surface area contributed by atoms with E-state index in [1.54, 1.807) is 0 Å². The van der Waals surface area contributed by atoms with Crippen molar-refractivity contribution in [1.29, 1.82) is 0 Å². The Morgan fingerprint density at radius 1 is 1.45 bits per heavy atom. The van der Waals surface area contributed by atoms with Crippen LogP contribution in [0.4, 0.5) is 0 Å². The Bertz CT molecular complexity index is 394. The van der Waals surface area contributed by atoms with Gasteiger partial charge in [0.15, 0.2) is 0 Å². The van der Waals surface area contributed by atoms with Crippen LogP contribution in [0.5, 0.6) is 0 Å². The van der Waals surface area contributed by atoms with Crippen molar-refractivity contribution in [3.63, 3.8) is 0 Å². The summed E-state index contributed by atoms with van der Waals surface area (Å²) < 4.78 is 13.7. The molecule has 2 rings (SSSR count). The molecular formula is C15H27N3O2. The Balaban J connectivity index is 2.22. The number of ether oxygens (including phenoxy) is 2. The van der Waals surface area contributed by atoms with Crippen molar-refractivity contribution in [1.82, 2.24) is 15.1 Å². The standard InChI is InChI=1S/C15H27N3O2/c1-4-8-18-12-13(11-17-18)14(16-3)15(20-5-2)6-9-19-10-7-15/h11-12,14,16H,4-10H2,1-3H3. The molecular weight excluding hydrogens is 254 g/mol. The molecule has 20 heavy (non-hydrogen) atoms. The number of likely N-dealkylation sites (N-methyl/N-ethyl adjacent to an activating group) is 1. The van der Waals surface area contributed by atoms with Gasteiger partial charge in [0.25, 0.3) is 0 Å². The number of aryl methyl sites for hydroxylation is 1. The largest absolute Gasteiger partial charge is 0.381 e. The molecule has 1 saturated heterocycles. The predicted molar refractivity (Wildman–Crippen MR) is 78.7 cm³/mol. The minimum absolute atomic E-state index is 0.164. The minimum Gasteiger partial charge on any atom is -0.381 e. The Hall–Kier alpha value is -0.910. The highest BCUT2D eigenvalue weighted by Crippen LogP contribution is 2.37. The van der Waals surface area contributed by atoms with Gasteiger partial charge in [-0.25, -0.2) is 0 Å². The van der Waals surface area contributed by atoms with Crippen molar-refractivity contribution in [2.24, 2.45) is 0 Å². The summed E-state index contributed by atoms with van der Waals surface area (Å²) in [6.07, 6.45) is 7.04. The SMILES string of the molecule is CCCn1cc(C(NC)C2(OCC)CCOCC2)cn1. The van der Waals surface area contributed by atoms with Gasteiger partial charge in [-0.2, -0.15) is 5.10 Å². The molecule has 0 radical (unpaired) electrons. The van der Waals surface area contributed by atoms with E-state index in [0.717, 1.165) is 45.6 Å². The molecule has 1 atom stereocenters. The fraction of sp³-hybridized carbons (Fsp3) is 0.800. The first-order valence-electron chi connectivity index (χ1n) is 7.67. The van der Waals surface area contributed by atoms with Crippen LogP contribution in [0.15, 0.2) is 12.4 Å². The van der Waals surface area contributed by atoms with Gasteiger partial charge in [0.05, 0.1) is 17.8 Å². The Morgan fingerprint density at radius 2 is 2.20 bits per heavy atom. The fourth-order valence-corrected chi connectivity index (χ4v) is 3.13. The summed E-state index contributed by atoms with van der Waals surface area (Å²) >= 11 is 0. The molecule has 5 nitrogen and oxygen atoms in total. The fourth-order valence-electron chi connectivity index (χ4n) is 3.13. The number of hydrogen-bond donors (Lipinski definition) is 1. The molecule has 0 aromatic carbocycles. The van der Waals surface area contributed by atoms with Crippen molar-refractivity contribution in [2.45, 2.75) is 51.3 Å². The third kappa shape index (κ3) is 3.22. The van der Waals surface area contributed by atoms with E-state index in [2.05, 4.69) is 30.5 Å². The van der Waals surface area contributed by atoms with Crippen LogP contribution in [0, 0.1) is 0 Å². The number of nitrogens with zero attached hydrogens (tertiary/aromatic N) is 2. The van der Waals surface area contributed by atoms with Crippen LogP contribution in [-0.2, 0) is 16.0 Å². The lowest BCUT2D eigenvalue weighted by Gasteiger charge is -2.42. The maximum Gasteiger partial charge on any atom is 0.0920 e. The lowest BCUT2D eigenvalue weighted by molar-refractivity contribution is -0.127. The highest BCUT2D eigenvalue weighted by Gasteiger charge is 2.41. The second kappa shape index (κ2) is 7.20. The molecule has 5 heteroatoms. The van der Waals surface area contributed by atoms with E-state index in [4.69, 9.17) is 9.47 Å². The van der Waals surface area contributed by atoms with Crippen molar-refractivity contribution < 1.29 is 9.47 Å². The van der Waals surface area contributed by atoms with Gasteiger partial charge >= 0.3 is 0 Å². The second-order valence-corrected chi connectivity index (χ2v) is 5.37. The van der Waals surface area contributed by atoms with Crippen LogP contribution in [0.2, 0.25) is 0 Å². The van der Waals surface area contributed by atoms with Gasteiger partial charge in [0, 0.05) is 51.0 Å². The average Bonchev–Trinajstić information content (AvgIpc) is 2.90. The van der Waals surface area contributed by atoms with Gasteiger partial charge < -0.3 is 14.8 Å². The van der Waals surface area contributed by atoms with Gasteiger partial charge in [-0.3, -0.25) is 4.68 Å².